The minimum atomic E-state index is -0.206. The van der Waals surface area contributed by atoms with Gasteiger partial charge in [-0.25, -0.2) is 5.01 Å². The third-order valence-corrected chi connectivity index (χ3v) is 7.20. The van der Waals surface area contributed by atoms with Crippen LogP contribution in [0, 0.1) is 5.92 Å². The summed E-state index contributed by atoms with van der Waals surface area (Å²) < 4.78 is 0. The second-order valence-electron chi connectivity index (χ2n) is 8.69. The largest absolute Gasteiger partial charge is 0.283 e. The van der Waals surface area contributed by atoms with Crippen LogP contribution in [-0.2, 0) is 4.79 Å². The molecule has 1 N–H and O–H groups in total. The summed E-state index contributed by atoms with van der Waals surface area (Å²) in [5, 5.41) is 10.3. The minimum Gasteiger partial charge on any atom is -0.283 e. The molecule has 2 aliphatic rings. The zero-order valence-corrected chi connectivity index (χ0v) is 20.6. The maximum absolute atomic E-state index is 13.4. The zero-order valence-electron chi connectivity index (χ0n) is 18.4. The van der Waals surface area contributed by atoms with Gasteiger partial charge in [0.2, 0.25) is 0 Å². The van der Waals surface area contributed by atoms with Gasteiger partial charge < -0.3 is 0 Å². The fraction of sp³-hybridized carbons (Fsp3) is 0.417. The first-order valence-electron chi connectivity index (χ1n) is 10.9. The van der Waals surface area contributed by atoms with Gasteiger partial charge in [-0.1, -0.05) is 60.3 Å². The molecule has 4 rings (SSSR count). The van der Waals surface area contributed by atoms with Crippen LogP contribution in [0.4, 0.5) is 5.69 Å². The number of nitrogens with one attached hydrogen (secondary N) is 1. The Labute approximate surface area is 204 Å². The summed E-state index contributed by atoms with van der Waals surface area (Å²) in [6.45, 7) is 6.31. The number of rotatable bonds is 4. The fourth-order valence-corrected chi connectivity index (χ4v) is 5.28. The van der Waals surface area contributed by atoms with Gasteiger partial charge in [0, 0.05) is 28.0 Å². The molecule has 0 saturated carbocycles. The predicted molar refractivity (Wildman–Crippen MR) is 132 cm³/mol. The number of hydrazone groups is 1. The summed E-state index contributed by atoms with van der Waals surface area (Å²) in [5.41, 5.74) is 5.30. The molecule has 2 heterocycles. The first kappa shape index (κ1) is 23.4. The lowest BCUT2D eigenvalue weighted by molar-refractivity contribution is -0.122. The van der Waals surface area contributed by atoms with E-state index in [4.69, 9.17) is 39.9 Å². The highest BCUT2D eigenvalue weighted by Gasteiger charge is 2.41. The van der Waals surface area contributed by atoms with Gasteiger partial charge in [0.05, 0.1) is 16.8 Å². The zero-order chi connectivity index (χ0) is 23.0. The Morgan fingerprint density at radius 1 is 0.969 bits per heavy atom. The van der Waals surface area contributed by atoms with Crippen molar-refractivity contribution in [2.45, 2.75) is 58.2 Å². The van der Waals surface area contributed by atoms with Crippen molar-refractivity contribution in [3.63, 3.8) is 0 Å². The molecule has 1 fully saturated rings. The van der Waals surface area contributed by atoms with Gasteiger partial charge in [-0.3, -0.25) is 15.2 Å². The number of carbonyl (C=O) groups is 1. The average Bonchev–Trinajstić information content (AvgIpc) is 3.08. The standard InChI is InChI=1S/C24H27Cl3N4O/c1-14-5-4-6-15(2)30(14)29-24(32)22-16(3)23(17-7-9-18(25)10-8-17)31(28-22)21-12-11-19(26)13-20(21)27/h7-16,23H,4-6H2,1-3H3,(H,29,32)/t14-,15-,16-,23+/m1/s1. The van der Waals surface area contributed by atoms with E-state index in [0.717, 1.165) is 18.4 Å². The van der Waals surface area contributed by atoms with Crippen LogP contribution >= 0.6 is 34.8 Å². The van der Waals surface area contributed by atoms with Crippen LogP contribution in [0.15, 0.2) is 47.6 Å². The second kappa shape index (κ2) is 9.60. The number of piperidine rings is 1. The van der Waals surface area contributed by atoms with E-state index in [1.165, 1.54) is 6.42 Å². The lowest BCUT2D eigenvalue weighted by atomic mass is 9.91. The Kier molecular flexibility index (Phi) is 7.01. The highest BCUT2D eigenvalue weighted by molar-refractivity contribution is 6.41. The van der Waals surface area contributed by atoms with Crippen molar-refractivity contribution in [2.24, 2.45) is 11.0 Å². The summed E-state index contributed by atoms with van der Waals surface area (Å²) >= 11 is 18.8. The molecule has 8 heteroatoms. The number of benzene rings is 2. The predicted octanol–water partition coefficient (Wildman–Crippen LogP) is 6.49. The molecule has 0 radical (unpaired) electrons. The van der Waals surface area contributed by atoms with Crippen LogP contribution in [0.3, 0.4) is 0 Å². The Morgan fingerprint density at radius 2 is 1.59 bits per heavy atom. The van der Waals surface area contributed by atoms with Crippen molar-refractivity contribution >= 4 is 52.1 Å². The smallest absolute Gasteiger partial charge is 0.282 e. The summed E-state index contributed by atoms with van der Waals surface area (Å²) in [4.78, 5) is 13.4. The molecule has 5 nitrogen and oxygen atoms in total. The van der Waals surface area contributed by atoms with Crippen molar-refractivity contribution < 1.29 is 4.79 Å². The molecule has 1 amide bonds. The molecule has 170 valence electrons. The van der Waals surface area contributed by atoms with Gasteiger partial charge in [-0.15, -0.1) is 0 Å². The van der Waals surface area contributed by atoms with Crippen LogP contribution < -0.4 is 10.4 Å². The number of nitrogens with zero attached hydrogens (tertiary/aromatic N) is 3. The number of hydrogen-bond acceptors (Lipinski definition) is 4. The number of carbonyl (C=O) groups excluding carboxylic acids is 1. The number of hydrogen-bond donors (Lipinski definition) is 1. The lowest BCUT2D eigenvalue weighted by Gasteiger charge is -2.38. The second-order valence-corrected chi connectivity index (χ2v) is 9.97. The molecular weight excluding hydrogens is 467 g/mol. The molecule has 4 atom stereocenters. The molecule has 0 spiro atoms. The van der Waals surface area contributed by atoms with Crippen LogP contribution in [0.5, 0.6) is 0 Å². The van der Waals surface area contributed by atoms with Gasteiger partial charge >= 0.3 is 0 Å². The third-order valence-electron chi connectivity index (χ3n) is 6.41. The summed E-state index contributed by atoms with van der Waals surface area (Å²) in [7, 11) is 0. The summed E-state index contributed by atoms with van der Waals surface area (Å²) in [6, 6.07) is 13.3. The van der Waals surface area contributed by atoms with Gasteiger partial charge in [-0.05, 0) is 62.6 Å². The minimum absolute atomic E-state index is 0.168. The van der Waals surface area contributed by atoms with E-state index in [9.17, 15) is 4.79 Å². The maximum atomic E-state index is 13.4. The van der Waals surface area contributed by atoms with Crippen LogP contribution in [-0.4, -0.2) is 28.7 Å². The van der Waals surface area contributed by atoms with Crippen molar-refractivity contribution in [2.75, 3.05) is 5.01 Å². The van der Waals surface area contributed by atoms with Crippen LogP contribution in [0.25, 0.3) is 0 Å². The van der Waals surface area contributed by atoms with Crippen LogP contribution in [0.1, 0.15) is 51.6 Å². The molecule has 2 aliphatic heterocycles. The first-order chi connectivity index (χ1) is 15.3. The first-order valence-corrected chi connectivity index (χ1v) is 12.1. The van der Waals surface area contributed by atoms with E-state index >= 15 is 0 Å². The molecule has 2 aromatic rings. The Morgan fingerprint density at radius 3 is 2.22 bits per heavy atom. The Balaban J connectivity index is 1.69. The highest BCUT2D eigenvalue weighted by Crippen LogP contribution is 2.42. The Bertz CT molecular complexity index is 1020. The van der Waals surface area contributed by atoms with Crippen molar-refractivity contribution in [1.82, 2.24) is 10.4 Å². The highest BCUT2D eigenvalue weighted by atomic mass is 35.5. The van der Waals surface area contributed by atoms with Crippen molar-refractivity contribution in [3.8, 4) is 0 Å². The topological polar surface area (TPSA) is 47.9 Å². The van der Waals surface area contributed by atoms with E-state index in [0.29, 0.717) is 26.5 Å². The quantitative estimate of drug-likeness (QED) is 0.529. The van der Waals surface area contributed by atoms with Crippen LogP contribution in [0.2, 0.25) is 15.1 Å². The van der Waals surface area contributed by atoms with Gasteiger partial charge in [0.25, 0.3) is 5.91 Å². The number of amides is 1. The molecule has 0 bridgehead atoms. The maximum Gasteiger partial charge on any atom is 0.282 e. The van der Waals surface area contributed by atoms with E-state index < -0.39 is 0 Å². The SMILES string of the molecule is C[C@@H]1C(C(=O)NN2[C@H](C)CCC[C@H]2C)=NN(c2ccc(Cl)cc2Cl)[C@@H]1c1ccc(Cl)cc1. The molecule has 0 aromatic heterocycles. The summed E-state index contributed by atoms with van der Waals surface area (Å²) in [5.74, 6) is -0.344. The van der Waals surface area contributed by atoms with E-state index in [1.807, 2.05) is 42.3 Å². The summed E-state index contributed by atoms with van der Waals surface area (Å²) in [6.07, 6.45) is 3.30. The van der Waals surface area contributed by atoms with Gasteiger partial charge in [-0.2, -0.15) is 5.10 Å². The van der Waals surface area contributed by atoms with E-state index in [1.54, 1.807) is 12.1 Å². The Hall–Kier alpha value is -1.79. The molecule has 1 saturated heterocycles. The van der Waals surface area contributed by atoms with E-state index in [2.05, 4.69) is 24.3 Å². The average molecular weight is 494 g/mol. The van der Waals surface area contributed by atoms with E-state index in [-0.39, 0.29) is 30.0 Å². The molecule has 0 unspecified atom stereocenters. The normalized spacial score (nSPS) is 26.2. The monoisotopic (exact) mass is 492 g/mol. The van der Waals surface area contributed by atoms with Crippen molar-refractivity contribution in [3.05, 3.63) is 63.1 Å². The van der Waals surface area contributed by atoms with Gasteiger partial charge in [0.1, 0.15) is 5.71 Å². The number of halogens is 3. The number of hydrazine groups is 1. The number of anilines is 1. The molecule has 0 aliphatic carbocycles. The van der Waals surface area contributed by atoms with Gasteiger partial charge in [0.15, 0.2) is 0 Å². The molecule has 32 heavy (non-hydrogen) atoms. The third kappa shape index (κ3) is 4.62. The lowest BCUT2D eigenvalue weighted by Crippen LogP contribution is -2.56. The molecule has 2 aromatic carbocycles. The molecular formula is C24H27Cl3N4O. The van der Waals surface area contributed by atoms with Crippen molar-refractivity contribution in [1.29, 1.82) is 0 Å². The fourth-order valence-electron chi connectivity index (χ4n) is 4.66.